The predicted octanol–water partition coefficient (Wildman–Crippen LogP) is 4.24. The molecule has 0 bridgehead atoms. The monoisotopic (exact) mass is 363 g/mol. The van der Waals surface area contributed by atoms with E-state index < -0.39 is 11.7 Å². The second kappa shape index (κ2) is 5.24. The van der Waals surface area contributed by atoms with Gasteiger partial charge < -0.3 is 9.15 Å². The lowest BCUT2D eigenvalue weighted by Crippen LogP contribution is -2.27. The molecule has 114 valence electrons. The molecule has 3 rings (SSSR count). The molecule has 0 aromatic carbocycles. The van der Waals surface area contributed by atoms with Crippen molar-refractivity contribution < 1.29 is 13.9 Å². The summed E-state index contributed by atoms with van der Waals surface area (Å²) in [5.41, 5.74) is 2.27. The van der Waals surface area contributed by atoms with Gasteiger partial charge in [-0.1, -0.05) is 0 Å². The Hall–Kier alpha value is -2.15. The zero-order chi connectivity index (χ0) is 15.9. The van der Waals surface area contributed by atoms with E-state index in [1.807, 2.05) is 12.1 Å². The molecule has 0 spiro atoms. The lowest BCUT2D eigenvalue weighted by molar-refractivity contribution is 0.0514. The second-order valence-electron chi connectivity index (χ2n) is 5.78. The van der Waals surface area contributed by atoms with Crippen molar-refractivity contribution >= 4 is 33.1 Å². The van der Waals surface area contributed by atoms with E-state index in [0.29, 0.717) is 11.3 Å². The first kappa shape index (κ1) is 14.8. The summed E-state index contributed by atoms with van der Waals surface area (Å²) in [5.74, 6) is 0. The lowest BCUT2D eigenvalue weighted by Gasteiger charge is -2.18. The molecular weight excluding hydrogens is 350 g/mol. The molecule has 0 amide bonds. The van der Waals surface area contributed by atoms with Crippen molar-refractivity contribution in [3.05, 3.63) is 35.3 Å². The third-order valence-electron chi connectivity index (χ3n) is 2.83. The third kappa shape index (κ3) is 2.89. The van der Waals surface area contributed by atoms with Gasteiger partial charge in [-0.2, -0.15) is 9.78 Å². The number of halogens is 1. The molecule has 0 aliphatic rings. The van der Waals surface area contributed by atoms with Crippen LogP contribution < -0.4 is 0 Å². The number of furan rings is 1. The first-order chi connectivity index (χ1) is 10.3. The molecule has 0 aliphatic heterocycles. The summed E-state index contributed by atoms with van der Waals surface area (Å²) >= 11 is 3.38. The normalized spacial score (nSPS) is 11.8. The van der Waals surface area contributed by atoms with Crippen LogP contribution >= 0.6 is 15.9 Å². The number of ether oxygens (including phenoxy) is 1. The van der Waals surface area contributed by atoms with E-state index in [1.54, 1.807) is 39.4 Å². The minimum atomic E-state index is -0.567. The number of carbonyl (C=O) groups is 1. The highest BCUT2D eigenvalue weighted by Crippen LogP contribution is 2.27. The quantitative estimate of drug-likeness (QED) is 0.646. The number of carbonyl (C=O) groups excluding carboxylic acids is 1. The van der Waals surface area contributed by atoms with Crippen LogP contribution in [0.4, 0.5) is 4.79 Å². The largest absolute Gasteiger partial charge is 0.461 e. The topological polar surface area (TPSA) is 70.2 Å². The fraction of sp³-hybridized carbons (Fsp3) is 0.267. The minimum Gasteiger partial charge on any atom is -0.461 e. The average Bonchev–Trinajstić information content (AvgIpc) is 3.04. The van der Waals surface area contributed by atoms with Crippen LogP contribution in [-0.4, -0.2) is 26.5 Å². The molecule has 0 atom stereocenters. The molecule has 0 unspecified atom stereocenters. The number of fused-ring (bicyclic) bond motifs is 1. The van der Waals surface area contributed by atoms with E-state index in [-0.39, 0.29) is 0 Å². The van der Waals surface area contributed by atoms with Crippen molar-refractivity contribution in [1.29, 1.82) is 0 Å². The van der Waals surface area contributed by atoms with Gasteiger partial charge in [-0.05, 0) is 48.8 Å². The van der Waals surface area contributed by atoms with Gasteiger partial charge in [0.25, 0.3) is 0 Å². The molecule has 0 N–H and O–H groups in total. The maximum Gasteiger partial charge on any atom is 0.435 e. The fourth-order valence-corrected chi connectivity index (χ4v) is 2.29. The van der Waals surface area contributed by atoms with Gasteiger partial charge in [-0.3, -0.25) is 0 Å². The van der Waals surface area contributed by atoms with Crippen LogP contribution in [0.2, 0.25) is 0 Å². The number of hydrogen-bond donors (Lipinski definition) is 0. The van der Waals surface area contributed by atoms with E-state index in [1.165, 1.54) is 0 Å². The highest BCUT2D eigenvalue weighted by Gasteiger charge is 2.19. The van der Waals surface area contributed by atoms with Crippen molar-refractivity contribution in [3.63, 3.8) is 0 Å². The second-order valence-corrected chi connectivity index (χ2v) is 6.64. The summed E-state index contributed by atoms with van der Waals surface area (Å²) in [6.45, 7) is 5.42. The van der Waals surface area contributed by atoms with E-state index in [0.717, 1.165) is 20.2 Å². The van der Waals surface area contributed by atoms with Gasteiger partial charge in [0.05, 0.1) is 16.4 Å². The van der Waals surface area contributed by atoms with E-state index >= 15 is 0 Å². The number of pyridine rings is 1. The van der Waals surface area contributed by atoms with Crippen molar-refractivity contribution in [2.24, 2.45) is 0 Å². The molecule has 7 heteroatoms. The Morgan fingerprint density at radius 1 is 1.36 bits per heavy atom. The molecule has 0 radical (unpaired) electrons. The Labute approximate surface area is 135 Å². The maximum absolute atomic E-state index is 12.0. The molecule has 0 saturated heterocycles. The van der Waals surface area contributed by atoms with Crippen molar-refractivity contribution in [1.82, 2.24) is 14.8 Å². The van der Waals surface area contributed by atoms with Crippen LogP contribution in [0.15, 0.2) is 39.7 Å². The fourth-order valence-electron chi connectivity index (χ4n) is 1.91. The van der Waals surface area contributed by atoms with Crippen LogP contribution in [0.25, 0.3) is 22.4 Å². The van der Waals surface area contributed by atoms with E-state index in [4.69, 9.17) is 9.15 Å². The van der Waals surface area contributed by atoms with Crippen molar-refractivity contribution in [3.8, 4) is 11.3 Å². The summed E-state index contributed by atoms with van der Waals surface area (Å²) in [6.07, 6.45) is 4.23. The zero-order valence-electron chi connectivity index (χ0n) is 12.3. The van der Waals surface area contributed by atoms with Gasteiger partial charge in [-0.25, -0.2) is 9.78 Å². The summed E-state index contributed by atoms with van der Waals surface area (Å²) < 4.78 is 12.5. The minimum absolute atomic E-state index is 0.524. The summed E-state index contributed by atoms with van der Waals surface area (Å²) in [5, 5.41) is 4.03. The van der Waals surface area contributed by atoms with E-state index in [2.05, 4.69) is 26.0 Å². The zero-order valence-corrected chi connectivity index (χ0v) is 13.9. The number of aromatic nitrogens is 3. The van der Waals surface area contributed by atoms with Crippen molar-refractivity contribution in [2.45, 2.75) is 26.4 Å². The molecule has 0 fully saturated rings. The van der Waals surface area contributed by atoms with Gasteiger partial charge >= 0.3 is 6.09 Å². The lowest BCUT2D eigenvalue weighted by atomic mass is 10.2. The first-order valence-electron chi connectivity index (χ1n) is 6.66. The van der Waals surface area contributed by atoms with Crippen molar-refractivity contribution in [2.75, 3.05) is 0 Å². The Bertz CT molecular complexity index is 845. The van der Waals surface area contributed by atoms with Gasteiger partial charge in [0.2, 0.25) is 0 Å². The summed E-state index contributed by atoms with van der Waals surface area (Å²) in [7, 11) is 0. The molecule has 0 saturated carbocycles. The smallest absolute Gasteiger partial charge is 0.435 e. The van der Waals surface area contributed by atoms with Crippen LogP contribution in [0.1, 0.15) is 20.8 Å². The predicted molar refractivity (Wildman–Crippen MR) is 84.6 cm³/mol. The number of hydrogen-bond acceptors (Lipinski definition) is 5. The maximum atomic E-state index is 12.0. The van der Waals surface area contributed by atoms with Crippen LogP contribution in [0.5, 0.6) is 0 Å². The van der Waals surface area contributed by atoms with Gasteiger partial charge in [0.15, 0.2) is 5.58 Å². The summed E-state index contributed by atoms with van der Waals surface area (Å²) in [4.78, 5) is 16.5. The highest BCUT2D eigenvalue weighted by atomic mass is 79.9. The standard InChI is InChI=1S/C15H14BrN3O3/c1-15(2,3)22-14(20)19-7-9(6-17-19)11-4-5-12-13(18-11)10(16)8-21-12/h4-8H,1-3H3. The van der Waals surface area contributed by atoms with Crippen LogP contribution in [-0.2, 0) is 4.74 Å². The number of rotatable bonds is 1. The Balaban J connectivity index is 1.92. The Morgan fingerprint density at radius 3 is 2.86 bits per heavy atom. The molecule has 3 heterocycles. The van der Waals surface area contributed by atoms with Gasteiger partial charge in [0, 0.05) is 11.8 Å². The number of nitrogens with zero attached hydrogens (tertiary/aromatic N) is 3. The molecule has 3 aromatic heterocycles. The average molecular weight is 364 g/mol. The Morgan fingerprint density at radius 2 is 2.14 bits per heavy atom. The van der Waals surface area contributed by atoms with Gasteiger partial charge in [0.1, 0.15) is 17.4 Å². The highest BCUT2D eigenvalue weighted by molar-refractivity contribution is 9.10. The molecule has 3 aromatic rings. The first-order valence-corrected chi connectivity index (χ1v) is 7.45. The SMILES string of the molecule is CC(C)(C)OC(=O)n1cc(-c2ccc3occ(Br)c3n2)cn1. The Kier molecular flexibility index (Phi) is 3.52. The van der Waals surface area contributed by atoms with Crippen LogP contribution in [0.3, 0.4) is 0 Å². The molecular formula is C15H14BrN3O3. The molecule has 6 nitrogen and oxygen atoms in total. The molecule has 22 heavy (non-hydrogen) atoms. The third-order valence-corrected chi connectivity index (χ3v) is 3.40. The van der Waals surface area contributed by atoms with E-state index in [9.17, 15) is 4.79 Å². The molecule has 0 aliphatic carbocycles. The summed E-state index contributed by atoms with van der Waals surface area (Å²) in [6, 6.07) is 3.64. The van der Waals surface area contributed by atoms with Gasteiger partial charge in [-0.15, -0.1) is 0 Å². The van der Waals surface area contributed by atoms with Crippen LogP contribution in [0, 0.1) is 0 Å².